The SMILES string of the molecule is C=CNC(=C)C(CCC)c1c(F)cc(NCCN2CCN(c3ccc4c(c3)N3CCCCCCc5c(cnn5C)-c5cc(cc(C)n5)C(=C)/N=C/3N4)CC2CC#N)cc1F. The van der Waals surface area contributed by atoms with Gasteiger partial charge in [-0.3, -0.25) is 14.6 Å². The van der Waals surface area contributed by atoms with Crippen LogP contribution in [0.4, 0.5) is 31.5 Å². The molecule has 2 aromatic carbocycles. The third kappa shape index (κ3) is 9.24. The van der Waals surface area contributed by atoms with Gasteiger partial charge in [0.1, 0.15) is 11.6 Å². The zero-order valence-corrected chi connectivity index (χ0v) is 35.2. The Balaban J connectivity index is 1.04. The predicted octanol–water partition coefficient (Wildman–Crippen LogP) is 9.09. The highest BCUT2D eigenvalue weighted by Crippen LogP contribution is 2.38. The third-order valence-electron chi connectivity index (χ3n) is 11.9. The lowest BCUT2D eigenvalue weighted by Gasteiger charge is -2.42. The number of aromatic nitrogens is 3. The summed E-state index contributed by atoms with van der Waals surface area (Å²) in [6.45, 7) is 20.1. The number of hydrogen-bond donors (Lipinski definition) is 3. The first kappa shape index (κ1) is 42.1. The second-order valence-electron chi connectivity index (χ2n) is 16.0. The van der Waals surface area contributed by atoms with Crippen LogP contribution >= 0.6 is 0 Å². The van der Waals surface area contributed by atoms with Crippen LogP contribution in [0.25, 0.3) is 17.0 Å². The van der Waals surface area contributed by atoms with Gasteiger partial charge in [-0.15, -0.1) is 0 Å². The smallest absolute Gasteiger partial charge is 0.208 e. The van der Waals surface area contributed by atoms with Crippen molar-refractivity contribution in [3.05, 3.63) is 114 Å². The standard InChI is InChI=1S/C47H57F2N11/c1-7-13-38(33(5)51-8-2)46-40(48)26-35(27-41(46)49)52-19-21-58-22-23-59(30-37(58)17-18-50)36-15-16-42-45(28-36)60-20-12-10-9-11-14-44-39(29-53-57(44)6)43-25-34(24-31(3)54-43)32(4)55-47(60)56-42/h8,15-16,24-29,37-38,51-52H,2,4-5,7,9-14,17,19-23,30H2,1,3,6H3,(H,55,56). The number of hydrogen-bond acceptors (Lipinski definition) is 10. The van der Waals surface area contributed by atoms with E-state index in [4.69, 9.17) is 9.98 Å². The molecule has 0 amide bonds. The van der Waals surface area contributed by atoms with Crippen molar-refractivity contribution in [2.45, 2.75) is 77.2 Å². The number of pyridine rings is 1. The molecule has 2 unspecified atom stereocenters. The lowest BCUT2D eigenvalue weighted by molar-refractivity contribution is 0.185. The second kappa shape index (κ2) is 18.9. The number of fused-ring (bicyclic) bond motifs is 7. The number of aryl methyl sites for hydroxylation is 2. The molecule has 314 valence electrons. The van der Waals surface area contributed by atoms with Crippen LogP contribution in [0.2, 0.25) is 0 Å². The topological polar surface area (TPSA) is 113 Å². The van der Waals surface area contributed by atoms with E-state index >= 15 is 8.78 Å². The number of piperazine rings is 1. The van der Waals surface area contributed by atoms with Crippen LogP contribution in [0.1, 0.15) is 80.3 Å². The van der Waals surface area contributed by atoms with E-state index in [0.717, 1.165) is 104 Å². The third-order valence-corrected chi connectivity index (χ3v) is 11.9. The van der Waals surface area contributed by atoms with E-state index in [0.29, 0.717) is 49.6 Å². The molecule has 2 bridgehead atoms. The van der Waals surface area contributed by atoms with E-state index in [1.54, 1.807) is 0 Å². The van der Waals surface area contributed by atoms with Gasteiger partial charge in [-0.05, 0) is 81.3 Å². The fourth-order valence-electron chi connectivity index (χ4n) is 8.81. The molecule has 2 aromatic heterocycles. The van der Waals surface area contributed by atoms with Gasteiger partial charge < -0.3 is 25.8 Å². The molecule has 13 heteroatoms. The quantitative estimate of drug-likeness (QED) is 0.129. The number of nitrogens with zero attached hydrogens (tertiary/aromatic N) is 8. The molecule has 1 fully saturated rings. The number of halogens is 2. The molecular weight excluding hydrogens is 757 g/mol. The molecule has 3 N–H and O–H groups in total. The molecule has 0 radical (unpaired) electrons. The first-order chi connectivity index (χ1) is 29.1. The van der Waals surface area contributed by atoms with Crippen LogP contribution in [0.5, 0.6) is 0 Å². The van der Waals surface area contributed by atoms with Crippen LogP contribution in [0.3, 0.4) is 0 Å². The summed E-state index contributed by atoms with van der Waals surface area (Å²) in [5.74, 6) is -0.961. The molecule has 2 atom stereocenters. The minimum atomic E-state index is -0.604. The van der Waals surface area contributed by atoms with Gasteiger partial charge in [0.2, 0.25) is 5.96 Å². The van der Waals surface area contributed by atoms with Crippen molar-refractivity contribution < 1.29 is 8.78 Å². The average Bonchev–Trinajstić information content (AvgIpc) is 3.76. The van der Waals surface area contributed by atoms with Crippen molar-refractivity contribution in [1.29, 1.82) is 5.26 Å². The van der Waals surface area contributed by atoms with Crippen molar-refractivity contribution in [3.63, 3.8) is 0 Å². The molecular formula is C47H57F2N11. The Morgan fingerprint density at radius 3 is 2.65 bits per heavy atom. The summed E-state index contributed by atoms with van der Waals surface area (Å²) in [5.41, 5.74) is 9.68. The van der Waals surface area contributed by atoms with Crippen molar-refractivity contribution in [3.8, 4) is 17.3 Å². The van der Waals surface area contributed by atoms with Gasteiger partial charge in [0.25, 0.3) is 0 Å². The fraction of sp³-hybridized carbons (Fsp3) is 0.404. The molecule has 60 heavy (non-hydrogen) atoms. The van der Waals surface area contributed by atoms with E-state index in [-0.39, 0.29) is 11.6 Å². The van der Waals surface area contributed by atoms with E-state index in [1.165, 1.54) is 24.0 Å². The normalized spacial score (nSPS) is 18.4. The van der Waals surface area contributed by atoms with Gasteiger partial charge in [-0.25, -0.2) is 13.8 Å². The Bertz CT molecular complexity index is 2280. The van der Waals surface area contributed by atoms with Gasteiger partial charge in [0.05, 0.1) is 41.5 Å². The highest BCUT2D eigenvalue weighted by Gasteiger charge is 2.31. The highest BCUT2D eigenvalue weighted by atomic mass is 19.1. The maximum Gasteiger partial charge on any atom is 0.208 e. The van der Waals surface area contributed by atoms with E-state index in [1.807, 2.05) is 37.8 Å². The molecule has 3 aliphatic rings. The zero-order valence-electron chi connectivity index (χ0n) is 35.2. The van der Waals surface area contributed by atoms with Crippen molar-refractivity contribution in [2.75, 3.05) is 59.7 Å². The van der Waals surface area contributed by atoms with Crippen LogP contribution in [0.15, 0.2) is 85.3 Å². The van der Waals surface area contributed by atoms with Gasteiger partial charge in [-0.1, -0.05) is 45.9 Å². The van der Waals surface area contributed by atoms with Gasteiger partial charge in [0.15, 0.2) is 0 Å². The number of aliphatic imine (C=N–C) groups is 1. The van der Waals surface area contributed by atoms with Crippen LogP contribution < -0.4 is 25.8 Å². The Hall–Kier alpha value is -6.00. The summed E-state index contributed by atoms with van der Waals surface area (Å²) in [6.07, 6.45) is 10.3. The maximum atomic E-state index is 15.4. The summed E-state index contributed by atoms with van der Waals surface area (Å²) in [6, 6.07) is 15.7. The molecule has 0 saturated carbocycles. The average molecular weight is 814 g/mol. The number of allylic oxidation sites excluding steroid dienone is 1. The van der Waals surface area contributed by atoms with E-state index in [2.05, 4.69) is 85.8 Å². The number of nitriles is 1. The maximum absolute atomic E-state index is 15.4. The van der Waals surface area contributed by atoms with Crippen LogP contribution in [-0.2, 0) is 13.5 Å². The number of nitrogens with one attached hydrogen (secondary N) is 3. The number of rotatable bonds is 12. The molecule has 11 nitrogen and oxygen atoms in total. The summed E-state index contributed by atoms with van der Waals surface area (Å²) < 4.78 is 32.8. The molecule has 7 rings (SSSR count). The van der Waals surface area contributed by atoms with Gasteiger partial charge in [-0.2, -0.15) is 10.4 Å². The number of benzene rings is 2. The molecule has 0 aliphatic carbocycles. The largest absolute Gasteiger partial charge is 0.384 e. The first-order valence-electron chi connectivity index (χ1n) is 21.2. The van der Waals surface area contributed by atoms with E-state index in [9.17, 15) is 5.26 Å². The molecule has 3 aliphatic heterocycles. The van der Waals surface area contributed by atoms with Crippen LogP contribution in [0, 0.1) is 29.9 Å². The Kier molecular flexibility index (Phi) is 13.3. The lowest BCUT2D eigenvalue weighted by atomic mass is 9.90. The second-order valence-corrected chi connectivity index (χ2v) is 16.0. The molecule has 1 saturated heterocycles. The summed E-state index contributed by atoms with van der Waals surface area (Å²) in [7, 11) is 2.00. The number of anilines is 4. The predicted molar refractivity (Wildman–Crippen MR) is 240 cm³/mol. The minimum absolute atomic E-state index is 0.0132. The van der Waals surface area contributed by atoms with Crippen LogP contribution in [-0.4, -0.2) is 70.9 Å². The Labute approximate surface area is 353 Å². The fourth-order valence-corrected chi connectivity index (χ4v) is 8.81. The summed E-state index contributed by atoms with van der Waals surface area (Å²) >= 11 is 0. The van der Waals surface area contributed by atoms with E-state index < -0.39 is 17.6 Å². The lowest BCUT2D eigenvalue weighted by Crippen LogP contribution is -2.54. The Morgan fingerprint density at radius 1 is 1.08 bits per heavy atom. The zero-order chi connectivity index (χ0) is 42.3. The van der Waals surface area contributed by atoms with Crippen molar-refractivity contribution in [1.82, 2.24) is 25.0 Å². The number of guanidine groups is 1. The van der Waals surface area contributed by atoms with Gasteiger partial charge in [0, 0.05) is 103 Å². The van der Waals surface area contributed by atoms with Gasteiger partial charge >= 0.3 is 0 Å². The van der Waals surface area contributed by atoms with Crippen molar-refractivity contribution >= 4 is 34.4 Å². The first-order valence-corrected chi connectivity index (χ1v) is 21.2. The molecule has 4 aromatic rings. The monoisotopic (exact) mass is 813 g/mol. The van der Waals surface area contributed by atoms with Crippen molar-refractivity contribution in [2.24, 2.45) is 12.0 Å². The highest BCUT2D eigenvalue weighted by molar-refractivity contribution is 6.16. The molecule has 5 heterocycles. The summed E-state index contributed by atoms with van der Waals surface area (Å²) in [5, 5.41) is 24.1. The Morgan fingerprint density at radius 2 is 1.88 bits per heavy atom. The molecule has 0 spiro atoms. The summed E-state index contributed by atoms with van der Waals surface area (Å²) in [4.78, 5) is 16.9. The minimum Gasteiger partial charge on any atom is -0.384 e.